The Balaban J connectivity index is 0.000000527. The molecule has 4 saturated heterocycles. The van der Waals surface area contributed by atoms with E-state index in [0.717, 1.165) is 66.0 Å². The molecule has 4 aliphatic heterocycles. The van der Waals surface area contributed by atoms with Crippen molar-refractivity contribution in [2.45, 2.75) is 196 Å². The van der Waals surface area contributed by atoms with Crippen LogP contribution in [0.25, 0.3) is 0 Å². The van der Waals surface area contributed by atoms with Crippen molar-refractivity contribution in [2.75, 3.05) is 79.1 Å². The molecule has 0 N–H and O–H groups in total. The van der Waals surface area contributed by atoms with Crippen molar-refractivity contribution < 1.29 is 90.5 Å². The van der Waals surface area contributed by atoms with Gasteiger partial charge in [0.25, 0.3) is 0 Å². The highest BCUT2D eigenvalue weighted by Crippen LogP contribution is 2.28. The molecule has 4 aliphatic rings. The molecule has 4 rings (SSSR count). The monoisotopic (exact) mass is 1220 g/mol. The highest BCUT2D eigenvalue weighted by Gasteiger charge is 2.35. The average Bonchev–Trinajstić information content (AvgIpc) is 3.96. The van der Waals surface area contributed by atoms with Gasteiger partial charge in [-0.1, -0.05) is 34.6 Å². The van der Waals surface area contributed by atoms with Gasteiger partial charge in [0.05, 0.1) is 41.1 Å². The lowest BCUT2D eigenvalue weighted by Gasteiger charge is -2.23. The maximum atomic E-state index is 12.0. The summed E-state index contributed by atoms with van der Waals surface area (Å²) in [6.07, 6.45) is 3.91. The molecular weight excluding hydrogens is 1120 g/mol. The Morgan fingerprint density at radius 3 is 1.42 bits per heavy atom. The SMILES string of the molecule is CCC(C)(C)C(=O)OC(C)C(=O)OC1COCCCO1.CCC(C)(C)C(=O)OC(C)C(=O)OC1CSCCCO1.CCC(C)(C)C(=O)OC(C)C(=O)OC1CSCCCS1.CCC(C)C(=O)OCC(=O)OC1CSCCCCS1. The summed E-state index contributed by atoms with van der Waals surface area (Å²) in [7, 11) is 0. The highest BCUT2D eigenvalue weighted by atomic mass is 32.2. The summed E-state index contributed by atoms with van der Waals surface area (Å²) in [6.45, 7) is 26.3. The lowest BCUT2D eigenvalue weighted by Crippen LogP contribution is -2.36. The molecule has 8 atom stereocenters. The topological polar surface area (TPSA) is 238 Å². The zero-order chi connectivity index (χ0) is 59.6. The van der Waals surface area contributed by atoms with E-state index in [9.17, 15) is 38.4 Å². The number of rotatable bonds is 20. The van der Waals surface area contributed by atoms with E-state index in [1.807, 2.05) is 41.5 Å². The third kappa shape index (κ3) is 32.1. The van der Waals surface area contributed by atoms with Crippen LogP contribution < -0.4 is 0 Å². The van der Waals surface area contributed by atoms with E-state index in [1.165, 1.54) is 20.3 Å². The van der Waals surface area contributed by atoms with E-state index in [4.69, 9.17) is 52.1 Å². The Kier molecular flexibility index (Phi) is 38.2. The summed E-state index contributed by atoms with van der Waals surface area (Å²) in [5.41, 5.74) is -2.02. The van der Waals surface area contributed by atoms with Crippen molar-refractivity contribution in [2.24, 2.45) is 22.2 Å². The van der Waals surface area contributed by atoms with Crippen molar-refractivity contribution in [1.82, 2.24) is 0 Å². The van der Waals surface area contributed by atoms with Crippen LogP contribution in [0.3, 0.4) is 0 Å². The summed E-state index contributed by atoms with van der Waals surface area (Å²) in [6, 6.07) is 0. The van der Waals surface area contributed by atoms with E-state index in [1.54, 1.807) is 100 Å². The molecule has 0 aromatic rings. The Bertz CT molecular complexity index is 1650. The van der Waals surface area contributed by atoms with Crippen LogP contribution >= 0.6 is 58.8 Å². The summed E-state index contributed by atoms with van der Waals surface area (Å²) in [5, 5.41) is 0. The standard InChI is InChI=1S/C14H24O6.C14H24O5S.C14H24O4S2.C13H22O4S2/c1-5-14(3,4)13(16)19-10(2)12(15)20-11-9-17-7-6-8-18-11;1-5-14(3,4)13(16)18-10(2)12(15)19-11-9-20-8-6-7-17-11;1-5-14(3,4)13(16)17-10(2)12(15)18-11-9-19-7-6-8-20-11;1-3-10(2)13(15)16-8-11(14)17-12-9-18-6-4-5-7-19-12/h3*10-11H,5-9H2,1-4H3;10,12H,3-9H2,1-2H3. The van der Waals surface area contributed by atoms with Gasteiger partial charge in [0.1, 0.15) is 6.61 Å². The lowest BCUT2D eigenvalue weighted by molar-refractivity contribution is -0.197. The molecule has 79 heavy (non-hydrogen) atoms. The molecular formula is C55H94O19S5. The van der Waals surface area contributed by atoms with Crippen LogP contribution in [0.2, 0.25) is 0 Å². The molecule has 458 valence electrons. The van der Waals surface area contributed by atoms with Gasteiger partial charge in [0.15, 0.2) is 35.8 Å². The van der Waals surface area contributed by atoms with Gasteiger partial charge < -0.3 is 52.1 Å². The number of hydrogen-bond donors (Lipinski definition) is 0. The van der Waals surface area contributed by atoms with Gasteiger partial charge in [-0.05, 0) is 149 Å². The minimum atomic E-state index is -0.958. The van der Waals surface area contributed by atoms with E-state index in [0.29, 0.717) is 51.3 Å². The van der Waals surface area contributed by atoms with Gasteiger partial charge in [0.2, 0.25) is 12.6 Å². The maximum Gasteiger partial charge on any atom is 0.349 e. The molecule has 0 amide bonds. The third-order valence-electron chi connectivity index (χ3n) is 12.7. The number of ether oxygens (including phenoxy) is 11. The first kappa shape index (κ1) is 74.4. The first-order valence-corrected chi connectivity index (χ1v) is 33.2. The molecule has 4 fully saturated rings. The average molecular weight is 1220 g/mol. The van der Waals surface area contributed by atoms with E-state index in [2.05, 4.69) is 0 Å². The number of carbonyl (C=O) groups is 8. The van der Waals surface area contributed by atoms with E-state index < -0.39 is 77.0 Å². The van der Waals surface area contributed by atoms with Crippen LogP contribution in [0, 0.1) is 22.2 Å². The molecule has 0 radical (unpaired) electrons. The van der Waals surface area contributed by atoms with Crippen molar-refractivity contribution in [3.8, 4) is 0 Å². The van der Waals surface area contributed by atoms with Gasteiger partial charge in [0, 0.05) is 18.1 Å². The third-order valence-corrected chi connectivity index (χ3v) is 18.8. The maximum absolute atomic E-state index is 12.0. The van der Waals surface area contributed by atoms with E-state index in [-0.39, 0.29) is 47.9 Å². The summed E-state index contributed by atoms with van der Waals surface area (Å²) in [5.74, 6) is 3.75. The Morgan fingerprint density at radius 1 is 0.481 bits per heavy atom. The Morgan fingerprint density at radius 2 is 0.899 bits per heavy atom. The minimum Gasteiger partial charge on any atom is -0.453 e. The Labute approximate surface area is 492 Å². The van der Waals surface area contributed by atoms with Gasteiger partial charge >= 0.3 is 47.8 Å². The van der Waals surface area contributed by atoms with Crippen molar-refractivity contribution in [3.63, 3.8) is 0 Å². The second-order valence-electron chi connectivity index (χ2n) is 20.8. The molecule has 0 saturated carbocycles. The van der Waals surface area contributed by atoms with Crippen LogP contribution in [0.5, 0.6) is 0 Å². The molecule has 0 aromatic carbocycles. The smallest absolute Gasteiger partial charge is 0.349 e. The number of thioether (sulfide) groups is 5. The van der Waals surface area contributed by atoms with Crippen molar-refractivity contribution >= 4 is 107 Å². The van der Waals surface area contributed by atoms with Crippen LogP contribution in [-0.4, -0.2) is 169 Å². The van der Waals surface area contributed by atoms with Gasteiger partial charge in [-0.15, -0.1) is 23.5 Å². The molecule has 24 heteroatoms. The minimum absolute atomic E-state index is 0.111. The predicted octanol–water partition coefficient (Wildman–Crippen LogP) is 9.84. The lowest BCUT2D eigenvalue weighted by atomic mass is 9.90. The molecule has 0 spiro atoms. The first-order valence-electron chi connectivity index (χ1n) is 27.6. The quantitative estimate of drug-likeness (QED) is 0.0814. The van der Waals surface area contributed by atoms with Crippen LogP contribution in [0.15, 0.2) is 0 Å². The zero-order valence-electron chi connectivity index (χ0n) is 49.5. The van der Waals surface area contributed by atoms with E-state index >= 15 is 0 Å². The second-order valence-corrected chi connectivity index (χ2v) is 26.8. The van der Waals surface area contributed by atoms with Crippen LogP contribution in [-0.2, 0) is 90.5 Å². The van der Waals surface area contributed by atoms with Crippen LogP contribution in [0.1, 0.15) is 155 Å². The van der Waals surface area contributed by atoms with Gasteiger partial charge in [-0.3, -0.25) is 19.2 Å². The van der Waals surface area contributed by atoms with Gasteiger partial charge in [-0.2, -0.15) is 35.3 Å². The van der Waals surface area contributed by atoms with Crippen LogP contribution in [0.4, 0.5) is 0 Å². The molecule has 0 bridgehead atoms. The molecule has 0 aliphatic carbocycles. The number of esters is 8. The van der Waals surface area contributed by atoms with Crippen molar-refractivity contribution in [1.29, 1.82) is 0 Å². The second kappa shape index (κ2) is 40.6. The predicted molar refractivity (Wildman–Crippen MR) is 312 cm³/mol. The molecule has 19 nitrogen and oxygen atoms in total. The fourth-order valence-electron chi connectivity index (χ4n) is 5.66. The number of carbonyl (C=O) groups excluding carboxylic acids is 8. The molecule has 4 heterocycles. The first-order chi connectivity index (χ1) is 37.2. The highest BCUT2D eigenvalue weighted by molar-refractivity contribution is 8.04. The largest absolute Gasteiger partial charge is 0.453 e. The fourth-order valence-corrected chi connectivity index (χ4v) is 11.2. The van der Waals surface area contributed by atoms with Gasteiger partial charge in [-0.25, -0.2) is 19.2 Å². The Hall–Kier alpha value is -2.61. The van der Waals surface area contributed by atoms with Crippen molar-refractivity contribution in [3.05, 3.63) is 0 Å². The normalized spacial score (nSPS) is 21.7. The number of hydrogen-bond acceptors (Lipinski definition) is 24. The fraction of sp³-hybridized carbons (Fsp3) is 0.855. The summed E-state index contributed by atoms with van der Waals surface area (Å²) >= 11 is 8.61. The molecule has 0 aromatic heterocycles. The zero-order valence-corrected chi connectivity index (χ0v) is 53.6. The molecule has 8 unspecified atom stereocenters. The summed E-state index contributed by atoms with van der Waals surface area (Å²) < 4.78 is 57.4. The summed E-state index contributed by atoms with van der Waals surface area (Å²) in [4.78, 5) is 94.4.